The first kappa shape index (κ1) is 16.9. The average molecular weight is 261 g/mol. The minimum absolute atomic E-state index is 0.173. The van der Waals surface area contributed by atoms with Crippen molar-refractivity contribution in [2.75, 3.05) is 27.7 Å². The maximum absolute atomic E-state index is 11.5. The summed E-state index contributed by atoms with van der Waals surface area (Å²) in [5.74, 6) is -1.87. The normalized spacial score (nSPS) is 14.1. The van der Waals surface area contributed by atoms with Crippen LogP contribution in [0.3, 0.4) is 0 Å². The van der Waals surface area contributed by atoms with E-state index in [4.69, 9.17) is 4.74 Å². The summed E-state index contributed by atoms with van der Waals surface area (Å²) < 4.78 is 5.54. The Kier molecular flexibility index (Phi) is 5.76. The van der Waals surface area contributed by atoms with Gasteiger partial charge in [0.15, 0.2) is 6.10 Å². The van der Waals surface area contributed by atoms with Crippen LogP contribution >= 0.6 is 0 Å². The maximum Gasteiger partial charge on any atom is 0.309 e. The summed E-state index contributed by atoms with van der Waals surface area (Å²) in [7, 11) is 5.60. The Morgan fingerprint density at radius 2 is 1.83 bits per heavy atom. The molecule has 0 saturated heterocycles. The summed E-state index contributed by atoms with van der Waals surface area (Å²) in [6.07, 6.45) is -1.26. The lowest BCUT2D eigenvalue weighted by atomic mass is 10.1. The van der Waals surface area contributed by atoms with Gasteiger partial charge in [-0.05, 0) is 13.8 Å². The first-order valence-corrected chi connectivity index (χ1v) is 5.81. The van der Waals surface area contributed by atoms with Crippen LogP contribution < -0.4 is 5.11 Å². The molecule has 6 heteroatoms. The summed E-state index contributed by atoms with van der Waals surface area (Å²) in [4.78, 5) is 22.1. The molecule has 1 atom stereocenters. The second-order valence-electron chi connectivity index (χ2n) is 6.15. The highest BCUT2D eigenvalue weighted by molar-refractivity contribution is 5.71. The van der Waals surface area contributed by atoms with E-state index in [0.717, 1.165) is 0 Å². The number of carbonyl (C=O) groups is 2. The lowest BCUT2D eigenvalue weighted by Crippen LogP contribution is -2.45. The van der Waals surface area contributed by atoms with E-state index in [1.54, 1.807) is 0 Å². The van der Waals surface area contributed by atoms with Crippen LogP contribution in [0.1, 0.15) is 26.7 Å². The van der Waals surface area contributed by atoms with E-state index in [-0.39, 0.29) is 12.8 Å². The Hall–Kier alpha value is -1.14. The van der Waals surface area contributed by atoms with Crippen LogP contribution in [0.2, 0.25) is 0 Å². The first-order valence-electron chi connectivity index (χ1n) is 5.81. The van der Waals surface area contributed by atoms with Gasteiger partial charge < -0.3 is 24.2 Å². The molecule has 0 unspecified atom stereocenters. The van der Waals surface area contributed by atoms with Gasteiger partial charge in [-0.15, -0.1) is 0 Å². The molecular weight excluding hydrogens is 238 g/mol. The van der Waals surface area contributed by atoms with Crippen LogP contribution in [0.25, 0.3) is 0 Å². The summed E-state index contributed by atoms with van der Waals surface area (Å²) in [6, 6.07) is 0. The zero-order chi connectivity index (χ0) is 14.6. The van der Waals surface area contributed by atoms with Gasteiger partial charge >= 0.3 is 5.97 Å². The van der Waals surface area contributed by atoms with Crippen molar-refractivity contribution in [1.29, 1.82) is 0 Å². The second-order valence-corrected chi connectivity index (χ2v) is 6.15. The quantitative estimate of drug-likeness (QED) is 0.464. The number of carboxylic acids is 1. The number of aliphatic carboxylic acids is 1. The largest absolute Gasteiger partial charge is 0.550 e. The van der Waals surface area contributed by atoms with Gasteiger partial charge in [-0.1, -0.05) is 0 Å². The van der Waals surface area contributed by atoms with E-state index >= 15 is 0 Å². The molecule has 0 fully saturated rings. The van der Waals surface area contributed by atoms with Crippen molar-refractivity contribution in [3.63, 3.8) is 0 Å². The minimum atomic E-state index is -1.26. The van der Waals surface area contributed by atoms with E-state index < -0.39 is 23.6 Å². The average Bonchev–Trinajstić information content (AvgIpc) is 1.92. The number of carboxylic acid groups (broad SMARTS) is 1. The lowest BCUT2D eigenvalue weighted by molar-refractivity contribution is -0.873. The van der Waals surface area contributed by atoms with E-state index in [0.29, 0.717) is 11.0 Å². The van der Waals surface area contributed by atoms with Crippen molar-refractivity contribution in [2.45, 2.75) is 38.4 Å². The topological polar surface area (TPSA) is 86.7 Å². The predicted molar refractivity (Wildman–Crippen MR) is 63.3 cm³/mol. The van der Waals surface area contributed by atoms with Crippen LogP contribution in [0, 0.1) is 0 Å². The molecule has 106 valence electrons. The van der Waals surface area contributed by atoms with Gasteiger partial charge in [-0.25, -0.2) is 0 Å². The summed E-state index contributed by atoms with van der Waals surface area (Å²) in [5, 5.41) is 20.1. The van der Waals surface area contributed by atoms with E-state index in [1.807, 2.05) is 21.1 Å². The van der Waals surface area contributed by atoms with Crippen molar-refractivity contribution < 1.29 is 29.0 Å². The molecule has 0 aromatic rings. The molecule has 0 aliphatic carbocycles. The zero-order valence-electron chi connectivity index (χ0n) is 11.7. The zero-order valence-corrected chi connectivity index (χ0v) is 11.7. The highest BCUT2D eigenvalue weighted by Gasteiger charge is 2.25. The standard InChI is InChI=1S/C12H23NO5/c1-12(2,17)7-11(16)18-9(6-10(14)15)8-13(3,4)5/h9,17H,6-8H2,1-5H3/t9-/m1/s1. The molecular formula is C12H23NO5. The van der Waals surface area contributed by atoms with Crippen molar-refractivity contribution in [1.82, 2.24) is 0 Å². The number of quaternary nitrogens is 1. The van der Waals surface area contributed by atoms with E-state index in [2.05, 4.69) is 0 Å². The van der Waals surface area contributed by atoms with Crippen molar-refractivity contribution >= 4 is 11.9 Å². The van der Waals surface area contributed by atoms with Gasteiger partial charge in [0.05, 0.1) is 33.2 Å². The van der Waals surface area contributed by atoms with Gasteiger partial charge in [-0.2, -0.15) is 0 Å². The molecule has 0 amide bonds. The van der Waals surface area contributed by atoms with Crippen molar-refractivity contribution in [3.05, 3.63) is 0 Å². The number of ether oxygens (including phenoxy) is 1. The third-order valence-electron chi connectivity index (χ3n) is 2.02. The summed E-state index contributed by atoms with van der Waals surface area (Å²) in [6.45, 7) is 3.34. The maximum atomic E-state index is 11.5. The fourth-order valence-corrected chi connectivity index (χ4v) is 1.52. The molecule has 0 aliphatic heterocycles. The van der Waals surface area contributed by atoms with Crippen molar-refractivity contribution in [3.8, 4) is 0 Å². The number of hydrogen-bond acceptors (Lipinski definition) is 5. The highest BCUT2D eigenvalue weighted by atomic mass is 16.5. The van der Waals surface area contributed by atoms with E-state index in [1.165, 1.54) is 13.8 Å². The van der Waals surface area contributed by atoms with Gasteiger partial charge in [0.25, 0.3) is 0 Å². The molecule has 0 rings (SSSR count). The Morgan fingerprint density at radius 3 is 2.17 bits per heavy atom. The lowest BCUT2D eigenvalue weighted by Gasteiger charge is -2.29. The number of rotatable bonds is 7. The monoisotopic (exact) mass is 261 g/mol. The summed E-state index contributed by atoms with van der Waals surface area (Å²) in [5.41, 5.74) is -1.17. The third-order valence-corrected chi connectivity index (χ3v) is 2.02. The molecule has 18 heavy (non-hydrogen) atoms. The first-order chi connectivity index (χ1) is 7.89. The Morgan fingerprint density at radius 1 is 1.33 bits per heavy atom. The number of nitrogens with zero attached hydrogens (tertiary/aromatic N) is 1. The molecule has 1 N–H and O–H groups in total. The van der Waals surface area contributed by atoms with Crippen LogP contribution in [-0.2, 0) is 14.3 Å². The Labute approximate surface area is 108 Å². The molecule has 0 bridgehead atoms. The molecule has 0 radical (unpaired) electrons. The molecule has 0 saturated carbocycles. The molecule has 6 nitrogen and oxygen atoms in total. The minimum Gasteiger partial charge on any atom is -0.550 e. The fourth-order valence-electron chi connectivity index (χ4n) is 1.52. The van der Waals surface area contributed by atoms with Crippen LogP contribution in [-0.4, -0.2) is 60.9 Å². The Bertz CT molecular complexity index is 301. The van der Waals surface area contributed by atoms with Crippen LogP contribution in [0.15, 0.2) is 0 Å². The second kappa shape index (κ2) is 6.15. The van der Waals surface area contributed by atoms with Gasteiger partial charge in [0.1, 0.15) is 6.54 Å². The number of likely N-dealkylation sites (N-methyl/N-ethyl adjacent to an activating group) is 1. The van der Waals surface area contributed by atoms with E-state index in [9.17, 15) is 19.8 Å². The number of aliphatic hydroxyl groups is 1. The van der Waals surface area contributed by atoms with Gasteiger partial charge in [0.2, 0.25) is 0 Å². The number of carbonyl (C=O) groups excluding carboxylic acids is 2. The molecule has 0 aliphatic rings. The number of hydrogen-bond donors (Lipinski definition) is 1. The highest BCUT2D eigenvalue weighted by Crippen LogP contribution is 2.11. The predicted octanol–water partition coefficient (Wildman–Crippen LogP) is -1.09. The molecule has 0 aromatic carbocycles. The van der Waals surface area contributed by atoms with Crippen molar-refractivity contribution in [2.24, 2.45) is 0 Å². The SMILES string of the molecule is CC(C)(O)CC(=O)O[C@H](CC(=O)[O-])C[N+](C)(C)C. The molecule has 0 heterocycles. The molecule has 0 aromatic heterocycles. The smallest absolute Gasteiger partial charge is 0.309 e. The number of esters is 1. The van der Waals surface area contributed by atoms with Gasteiger partial charge in [-0.3, -0.25) is 4.79 Å². The fraction of sp³-hybridized carbons (Fsp3) is 0.833. The summed E-state index contributed by atoms with van der Waals surface area (Å²) >= 11 is 0. The van der Waals surface area contributed by atoms with Crippen LogP contribution in [0.4, 0.5) is 0 Å². The third kappa shape index (κ3) is 10.0. The van der Waals surface area contributed by atoms with Gasteiger partial charge in [0, 0.05) is 12.4 Å². The Balaban J connectivity index is 4.50. The molecule has 0 spiro atoms. The van der Waals surface area contributed by atoms with Crippen LogP contribution in [0.5, 0.6) is 0 Å².